The Morgan fingerprint density at radius 3 is 2.53 bits per heavy atom. The van der Waals surface area contributed by atoms with Crippen molar-refractivity contribution in [1.29, 1.82) is 0 Å². The highest BCUT2D eigenvalue weighted by Gasteiger charge is 2.44. The number of fused-ring (bicyclic) bond motifs is 1. The minimum atomic E-state index is -1.17. The number of rotatable bonds is 4. The second-order valence-electron chi connectivity index (χ2n) is 4.57. The van der Waals surface area contributed by atoms with E-state index >= 15 is 0 Å². The van der Waals surface area contributed by atoms with Gasteiger partial charge < -0.3 is 5.11 Å². The highest BCUT2D eigenvalue weighted by atomic mass is 16.4. The number of nitrogens with zero attached hydrogens (tertiary/aromatic N) is 2. The van der Waals surface area contributed by atoms with Crippen molar-refractivity contribution in [3.63, 3.8) is 0 Å². The van der Waals surface area contributed by atoms with Crippen molar-refractivity contribution in [2.75, 3.05) is 0 Å². The Bertz CT molecular complexity index is 520. The maximum Gasteiger partial charge on any atom is 0.327 e. The van der Waals surface area contributed by atoms with Crippen LogP contribution in [0.15, 0.2) is 18.5 Å². The van der Waals surface area contributed by atoms with Gasteiger partial charge in [-0.25, -0.2) is 4.79 Å². The molecule has 1 N–H and O–H groups in total. The molecule has 19 heavy (non-hydrogen) atoms. The first-order valence-corrected chi connectivity index (χ1v) is 6.03. The lowest BCUT2D eigenvalue weighted by Crippen LogP contribution is -2.48. The zero-order valence-electron chi connectivity index (χ0n) is 10.7. The van der Waals surface area contributed by atoms with Crippen LogP contribution in [-0.4, -0.2) is 38.8 Å². The third-order valence-corrected chi connectivity index (χ3v) is 3.43. The van der Waals surface area contributed by atoms with Crippen molar-refractivity contribution in [2.45, 2.75) is 26.3 Å². The molecule has 2 amide bonds. The van der Waals surface area contributed by atoms with Gasteiger partial charge in [0.15, 0.2) is 0 Å². The molecule has 6 nitrogen and oxygen atoms in total. The van der Waals surface area contributed by atoms with E-state index in [1.54, 1.807) is 6.92 Å². The number of aromatic nitrogens is 1. The third-order valence-electron chi connectivity index (χ3n) is 3.43. The maximum atomic E-state index is 12.2. The number of carbonyl (C=O) groups excluding carboxylic acids is 2. The molecule has 0 spiro atoms. The third kappa shape index (κ3) is 1.99. The Morgan fingerprint density at radius 2 is 2.00 bits per heavy atom. The second kappa shape index (κ2) is 4.79. The first-order valence-electron chi connectivity index (χ1n) is 6.03. The van der Waals surface area contributed by atoms with Crippen molar-refractivity contribution in [3.8, 4) is 0 Å². The first kappa shape index (κ1) is 13.2. The van der Waals surface area contributed by atoms with Crippen LogP contribution in [0.25, 0.3) is 0 Å². The summed E-state index contributed by atoms with van der Waals surface area (Å²) in [4.78, 5) is 40.4. The van der Waals surface area contributed by atoms with Crippen LogP contribution in [0.3, 0.4) is 0 Å². The number of amides is 2. The van der Waals surface area contributed by atoms with E-state index in [4.69, 9.17) is 0 Å². The minimum absolute atomic E-state index is 0.169. The summed E-state index contributed by atoms with van der Waals surface area (Å²) in [5.41, 5.74) is 0.386. The predicted octanol–water partition coefficient (Wildman–Crippen LogP) is 1.18. The summed E-state index contributed by atoms with van der Waals surface area (Å²) in [6.45, 7) is 3.53. The van der Waals surface area contributed by atoms with Gasteiger partial charge in [0, 0.05) is 12.4 Å². The van der Waals surface area contributed by atoms with Crippen LogP contribution in [0.4, 0.5) is 0 Å². The molecule has 2 rings (SSSR count). The lowest BCUT2D eigenvalue weighted by atomic mass is 9.98. The van der Waals surface area contributed by atoms with Crippen molar-refractivity contribution in [2.24, 2.45) is 5.92 Å². The average molecular weight is 262 g/mol. The van der Waals surface area contributed by atoms with Crippen molar-refractivity contribution in [1.82, 2.24) is 9.88 Å². The van der Waals surface area contributed by atoms with Gasteiger partial charge in [0.05, 0.1) is 11.1 Å². The van der Waals surface area contributed by atoms with Gasteiger partial charge in [0.1, 0.15) is 6.04 Å². The highest BCUT2D eigenvalue weighted by molar-refractivity contribution is 6.22. The second-order valence-corrected chi connectivity index (χ2v) is 4.57. The number of carboxylic acid groups (broad SMARTS) is 1. The molecule has 0 aliphatic carbocycles. The standard InChI is InChI=1S/C13H14N2O4/c1-3-7(2)10(13(18)19)15-11(16)8-4-5-14-6-9(8)12(15)17/h4-7,10H,3H2,1-2H3,(H,18,19). The number of imide groups is 1. The van der Waals surface area contributed by atoms with Gasteiger partial charge in [0.2, 0.25) is 0 Å². The summed E-state index contributed by atoms with van der Waals surface area (Å²) in [7, 11) is 0. The summed E-state index contributed by atoms with van der Waals surface area (Å²) < 4.78 is 0. The fourth-order valence-corrected chi connectivity index (χ4v) is 2.19. The van der Waals surface area contributed by atoms with Gasteiger partial charge in [-0.15, -0.1) is 0 Å². The molecule has 6 heteroatoms. The summed E-state index contributed by atoms with van der Waals surface area (Å²) in [6, 6.07) is 0.294. The van der Waals surface area contributed by atoms with Crippen molar-refractivity contribution >= 4 is 17.8 Å². The van der Waals surface area contributed by atoms with Gasteiger partial charge in [0.25, 0.3) is 11.8 Å². The molecule has 100 valence electrons. The van der Waals surface area contributed by atoms with E-state index in [0.717, 1.165) is 4.90 Å². The van der Waals surface area contributed by atoms with E-state index in [2.05, 4.69) is 4.98 Å². The van der Waals surface area contributed by atoms with E-state index in [0.29, 0.717) is 6.42 Å². The predicted molar refractivity (Wildman–Crippen MR) is 65.6 cm³/mol. The molecule has 0 radical (unpaired) electrons. The van der Waals surface area contributed by atoms with Crippen LogP contribution in [0.1, 0.15) is 41.0 Å². The van der Waals surface area contributed by atoms with Crippen molar-refractivity contribution < 1.29 is 19.5 Å². The molecule has 1 aromatic heterocycles. The topological polar surface area (TPSA) is 87.6 Å². The van der Waals surface area contributed by atoms with E-state index < -0.39 is 23.8 Å². The molecule has 2 heterocycles. The fraction of sp³-hybridized carbons (Fsp3) is 0.385. The van der Waals surface area contributed by atoms with Crippen LogP contribution in [0.5, 0.6) is 0 Å². The monoisotopic (exact) mass is 262 g/mol. The molecule has 1 aliphatic heterocycles. The lowest BCUT2D eigenvalue weighted by molar-refractivity contribution is -0.143. The first-order chi connectivity index (χ1) is 8.99. The Hall–Kier alpha value is -2.24. The quantitative estimate of drug-likeness (QED) is 0.823. The number of carbonyl (C=O) groups is 3. The summed E-state index contributed by atoms with van der Waals surface area (Å²) >= 11 is 0. The van der Waals surface area contributed by atoms with Gasteiger partial charge in [-0.3, -0.25) is 19.5 Å². The zero-order valence-corrected chi connectivity index (χ0v) is 10.7. The molecule has 0 saturated carbocycles. The summed E-state index contributed by atoms with van der Waals surface area (Å²) in [5, 5.41) is 9.29. The summed E-state index contributed by atoms with van der Waals surface area (Å²) in [6.07, 6.45) is 3.26. The molecule has 0 bridgehead atoms. The fourth-order valence-electron chi connectivity index (χ4n) is 2.19. The zero-order chi connectivity index (χ0) is 14.2. The van der Waals surface area contributed by atoms with E-state index in [9.17, 15) is 19.5 Å². The van der Waals surface area contributed by atoms with Crippen LogP contribution in [0.2, 0.25) is 0 Å². The van der Waals surface area contributed by atoms with Gasteiger partial charge in [-0.1, -0.05) is 20.3 Å². The number of aliphatic carboxylic acids is 1. The van der Waals surface area contributed by atoms with Gasteiger partial charge in [-0.2, -0.15) is 0 Å². The Balaban J connectivity index is 2.45. The molecule has 0 fully saturated rings. The largest absolute Gasteiger partial charge is 0.480 e. The van der Waals surface area contributed by atoms with Crippen LogP contribution in [0, 0.1) is 5.92 Å². The molecule has 0 aromatic carbocycles. The Kier molecular flexibility index (Phi) is 3.33. The molecule has 1 aliphatic rings. The molecule has 1 aromatic rings. The Labute approximate surface area is 110 Å². The molecule has 2 unspecified atom stereocenters. The highest BCUT2D eigenvalue weighted by Crippen LogP contribution is 2.27. The number of hydrogen-bond donors (Lipinski definition) is 1. The maximum absolute atomic E-state index is 12.2. The normalized spacial score (nSPS) is 17.3. The molecular weight excluding hydrogens is 248 g/mol. The number of carboxylic acids is 1. The number of hydrogen-bond acceptors (Lipinski definition) is 4. The van der Waals surface area contributed by atoms with Gasteiger partial charge >= 0.3 is 5.97 Å². The van der Waals surface area contributed by atoms with Crippen LogP contribution >= 0.6 is 0 Å². The smallest absolute Gasteiger partial charge is 0.327 e. The van der Waals surface area contributed by atoms with E-state index in [1.165, 1.54) is 18.5 Å². The van der Waals surface area contributed by atoms with E-state index in [-0.39, 0.29) is 17.0 Å². The van der Waals surface area contributed by atoms with Crippen LogP contribution in [-0.2, 0) is 4.79 Å². The summed E-state index contributed by atoms with van der Waals surface area (Å²) in [5.74, 6) is -2.62. The van der Waals surface area contributed by atoms with E-state index in [1.807, 2.05) is 6.92 Å². The SMILES string of the molecule is CCC(C)C(C(=O)O)N1C(=O)c2ccncc2C1=O. The Morgan fingerprint density at radius 1 is 1.37 bits per heavy atom. The molecule has 2 atom stereocenters. The molecule has 0 saturated heterocycles. The van der Waals surface area contributed by atoms with Crippen molar-refractivity contribution in [3.05, 3.63) is 29.6 Å². The van der Waals surface area contributed by atoms with Crippen LogP contribution < -0.4 is 0 Å². The number of pyridine rings is 1. The molecular formula is C13H14N2O4. The minimum Gasteiger partial charge on any atom is -0.480 e. The lowest BCUT2D eigenvalue weighted by Gasteiger charge is -2.26. The average Bonchev–Trinajstić information content (AvgIpc) is 2.64. The van der Waals surface area contributed by atoms with Gasteiger partial charge in [-0.05, 0) is 12.0 Å².